The van der Waals surface area contributed by atoms with Crippen LogP contribution in [0.1, 0.15) is 0 Å². The maximum absolute atomic E-state index is 2.43. The first-order chi connectivity index (χ1) is 24.8. The van der Waals surface area contributed by atoms with Crippen LogP contribution in [0, 0.1) is 0 Å². The second-order valence-electron chi connectivity index (χ2n) is 13.3. The first-order valence-electron chi connectivity index (χ1n) is 17.2. The van der Waals surface area contributed by atoms with Gasteiger partial charge >= 0.3 is 0 Å². The fourth-order valence-corrected chi connectivity index (χ4v) is 9.47. The molecule has 9 aromatic carbocycles. The van der Waals surface area contributed by atoms with Crippen LogP contribution >= 0.6 is 11.3 Å². The van der Waals surface area contributed by atoms with Gasteiger partial charge in [0.1, 0.15) is 0 Å². The van der Waals surface area contributed by atoms with Gasteiger partial charge in [-0.15, -0.1) is 11.3 Å². The molecule has 0 aliphatic rings. The number of para-hydroxylation sites is 2. The molecule has 11 rings (SSSR count). The number of thiophene rings is 1. The minimum Gasteiger partial charge on any atom is -0.309 e. The van der Waals surface area contributed by atoms with E-state index < -0.39 is 0 Å². The van der Waals surface area contributed by atoms with Crippen molar-refractivity contribution in [3.8, 4) is 27.9 Å². The predicted molar refractivity (Wildman–Crippen MR) is 217 cm³/mol. The van der Waals surface area contributed by atoms with Crippen LogP contribution in [0.4, 0.5) is 0 Å². The molecular formula is C48H29NS. The lowest BCUT2D eigenvalue weighted by Gasteiger charge is -2.18. The van der Waals surface area contributed by atoms with Gasteiger partial charge in [-0.2, -0.15) is 0 Å². The van der Waals surface area contributed by atoms with Crippen molar-refractivity contribution in [3.05, 3.63) is 176 Å². The molecular weight excluding hydrogens is 623 g/mol. The van der Waals surface area contributed by atoms with E-state index in [1.807, 2.05) is 11.3 Å². The van der Waals surface area contributed by atoms with Gasteiger partial charge in [0.05, 0.1) is 11.0 Å². The molecule has 2 heterocycles. The molecule has 1 nitrogen and oxygen atoms in total. The number of benzene rings is 9. The molecule has 0 fully saturated rings. The highest BCUT2D eigenvalue weighted by Gasteiger charge is 2.19. The minimum atomic E-state index is 1.18. The third-order valence-corrected chi connectivity index (χ3v) is 11.7. The van der Waals surface area contributed by atoms with Gasteiger partial charge in [-0.25, -0.2) is 0 Å². The first kappa shape index (κ1) is 27.7. The van der Waals surface area contributed by atoms with Crippen LogP contribution in [0.5, 0.6) is 0 Å². The summed E-state index contributed by atoms with van der Waals surface area (Å²) >= 11 is 1.89. The summed E-state index contributed by atoms with van der Waals surface area (Å²) < 4.78 is 5.05. The summed E-state index contributed by atoms with van der Waals surface area (Å²) in [6.07, 6.45) is 0. The Labute approximate surface area is 292 Å². The lowest BCUT2D eigenvalue weighted by molar-refractivity contribution is 1.18. The highest BCUT2D eigenvalue weighted by Crippen LogP contribution is 2.46. The molecule has 0 saturated carbocycles. The Bertz CT molecular complexity index is 3090. The van der Waals surface area contributed by atoms with Crippen LogP contribution in [-0.4, -0.2) is 4.57 Å². The minimum absolute atomic E-state index is 1.18. The second kappa shape index (κ2) is 10.6. The third-order valence-electron chi connectivity index (χ3n) is 10.5. The van der Waals surface area contributed by atoms with Gasteiger partial charge in [0.15, 0.2) is 0 Å². The SMILES string of the molecule is c1ccc(-n2c3ccccc3c3cc(-c4c5ccccc5c(-c5ccc6sc7cc8ccccc8cc7c6c5)c5ccccc45)ccc32)cc1. The molecule has 0 atom stereocenters. The van der Waals surface area contributed by atoms with Crippen molar-refractivity contribution >= 4 is 85.6 Å². The van der Waals surface area contributed by atoms with Crippen LogP contribution < -0.4 is 0 Å². The van der Waals surface area contributed by atoms with Crippen molar-refractivity contribution in [1.82, 2.24) is 4.57 Å². The summed E-state index contributed by atoms with van der Waals surface area (Å²) in [7, 11) is 0. The average Bonchev–Trinajstić information content (AvgIpc) is 3.70. The molecule has 0 bridgehead atoms. The maximum atomic E-state index is 2.43. The fraction of sp³-hybridized carbons (Fsp3) is 0. The zero-order valence-electron chi connectivity index (χ0n) is 27.1. The van der Waals surface area contributed by atoms with Gasteiger partial charge in [0.2, 0.25) is 0 Å². The standard InChI is InChI=1S/C48H29NS/c1-2-14-34(15-3-1)49-43-21-11-10-16-35(43)40-27-32(22-24-44(40)49)47-36-17-6-8-19-38(36)48(39-20-9-7-18-37(39)47)33-23-25-45-41(28-33)42-26-30-12-4-5-13-31(30)29-46(42)50-45/h1-29H. The van der Waals surface area contributed by atoms with Crippen LogP contribution in [0.25, 0.3) is 102 Å². The lowest BCUT2D eigenvalue weighted by atomic mass is 9.85. The molecule has 0 spiro atoms. The monoisotopic (exact) mass is 651 g/mol. The van der Waals surface area contributed by atoms with E-state index in [0.29, 0.717) is 0 Å². The van der Waals surface area contributed by atoms with E-state index >= 15 is 0 Å². The molecule has 0 amide bonds. The van der Waals surface area contributed by atoms with E-state index in [0.717, 1.165) is 0 Å². The van der Waals surface area contributed by atoms with E-state index in [9.17, 15) is 0 Å². The summed E-state index contributed by atoms with van der Waals surface area (Å²) in [5.41, 5.74) is 8.69. The number of nitrogens with zero attached hydrogens (tertiary/aromatic N) is 1. The molecule has 0 N–H and O–H groups in total. The van der Waals surface area contributed by atoms with Crippen molar-refractivity contribution in [2.75, 3.05) is 0 Å². The summed E-state index contributed by atoms with van der Waals surface area (Å²) in [5.74, 6) is 0. The molecule has 0 radical (unpaired) electrons. The topological polar surface area (TPSA) is 4.93 Å². The Balaban J connectivity index is 1.18. The number of aromatic nitrogens is 1. The number of hydrogen-bond donors (Lipinski definition) is 0. The highest BCUT2D eigenvalue weighted by atomic mass is 32.1. The van der Waals surface area contributed by atoms with E-state index in [-0.39, 0.29) is 0 Å². The third kappa shape index (κ3) is 4.00. The maximum Gasteiger partial charge on any atom is 0.0541 e. The Morgan fingerprint density at radius 2 is 0.820 bits per heavy atom. The van der Waals surface area contributed by atoms with Crippen LogP contribution in [0.3, 0.4) is 0 Å². The largest absolute Gasteiger partial charge is 0.309 e. The summed E-state index contributed by atoms with van der Waals surface area (Å²) in [4.78, 5) is 0. The van der Waals surface area contributed by atoms with Crippen LogP contribution in [-0.2, 0) is 0 Å². The number of rotatable bonds is 3. The van der Waals surface area contributed by atoms with Gasteiger partial charge < -0.3 is 4.57 Å². The van der Waals surface area contributed by atoms with Crippen molar-refractivity contribution in [2.24, 2.45) is 0 Å². The van der Waals surface area contributed by atoms with E-state index in [4.69, 9.17) is 0 Å². The molecule has 2 aromatic heterocycles. The number of fused-ring (bicyclic) bond motifs is 9. The first-order valence-corrected chi connectivity index (χ1v) is 18.0. The molecule has 0 aliphatic heterocycles. The summed E-state index contributed by atoms with van der Waals surface area (Å²) in [6.45, 7) is 0. The van der Waals surface area contributed by atoms with Crippen LogP contribution in [0.15, 0.2) is 176 Å². The van der Waals surface area contributed by atoms with Gasteiger partial charge in [0, 0.05) is 36.6 Å². The molecule has 0 saturated heterocycles. The van der Waals surface area contributed by atoms with Gasteiger partial charge in [-0.3, -0.25) is 0 Å². The molecule has 0 aliphatic carbocycles. The quantitative estimate of drug-likeness (QED) is 0.168. The van der Waals surface area contributed by atoms with Gasteiger partial charge in [0.25, 0.3) is 0 Å². The second-order valence-corrected chi connectivity index (χ2v) is 14.4. The Morgan fingerprint density at radius 3 is 1.50 bits per heavy atom. The van der Waals surface area contributed by atoms with Crippen molar-refractivity contribution in [1.29, 1.82) is 0 Å². The molecule has 232 valence electrons. The van der Waals surface area contributed by atoms with Gasteiger partial charge in [-0.1, -0.05) is 121 Å². The molecule has 50 heavy (non-hydrogen) atoms. The smallest absolute Gasteiger partial charge is 0.0541 e. The summed E-state index contributed by atoms with van der Waals surface area (Å²) in [5, 5.41) is 12.9. The van der Waals surface area contributed by atoms with E-state index in [2.05, 4.69) is 180 Å². The Morgan fingerprint density at radius 1 is 0.320 bits per heavy atom. The highest BCUT2D eigenvalue weighted by molar-refractivity contribution is 7.25. The summed E-state index contributed by atoms with van der Waals surface area (Å²) in [6, 6.07) is 65.0. The zero-order chi connectivity index (χ0) is 32.8. The van der Waals surface area contributed by atoms with Crippen molar-refractivity contribution < 1.29 is 0 Å². The predicted octanol–water partition coefficient (Wildman–Crippen LogP) is 13.9. The zero-order valence-corrected chi connectivity index (χ0v) is 27.9. The normalized spacial score (nSPS) is 12.0. The Hall–Kier alpha value is -6.22. The average molecular weight is 652 g/mol. The molecule has 11 aromatic rings. The van der Waals surface area contributed by atoms with Gasteiger partial charge in [-0.05, 0) is 109 Å². The lowest BCUT2D eigenvalue weighted by Crippen LogP contribution is -1.93. The molecule has 0 unspecified atom stereocenters. The number of hydrogen-bond acceptors (Lipinski definition) is 1. The Kier molecular flexibility index (Phi) is 5.89. The van der Waals surface area contributed by atoms with Crippen molar-refractivity contribution in [3.63, 3.8) is 0 Å². The van der Waals surface area contributed by atoms with E-state index in [1.54, 1.807) is 0 Å². The fourth-order valence-electron chi connectivity index (χ4n) is 8.35. The molecule has 2 heteroatoms. The van der Waals surface area contributed by atoms with E-state index in [1.165, 1.54) is 102 Å². The van der Waals surface area contributed by atoms with Crippen molar-refractivity contribution in [2.45, 2.75) is 0 Å². The van der Waals surface area contributed by atoms with Crippen LogP contribution in [0.2, 0.25) is 0 Å².